The Hall–Kier alpha value is -4.12. The van der Waals surface area contributed by atoms with Crippen molar-refractivity contribution in [2.45, 2.75) is 13.8 Å². The van der Waals surface area contributed by atoms with E-state index in [-0.39, 0.29) is 5.91 Å². The summed E-state index contributed by atoms with van der Waals surface area (Å²) in [6, 6.07) is 12.9. The standard InChI is InChI=1S/C20H17N7O/c1-12-6-8-17(25-24-12)23-20(28)19-13(2)22-18-9-7-16(26-27(18)19)15-5-3-4-14(10-15)11-21/h3-10,24-25H,1-2H3,(H,23,28). The second kappa shape index (κ2) is 6.89. The Balaban J connectivity index is 1.73. The van der Waals surface area contributed by atoms with Crippen LogP contribution in [0.3, 0.4) is 0 Å². The fraction of sp³-hybridized carbons (Fsp3) is 0.100. The van der Waals surface area contributed by atoms with Crippen LogP contribution >= 0.6 is 0 Å². The van der Waals surface area contributed by atoms with Crippen molar-refractivity contribution in [3.8, 4) is 17.3 Å². The van der Waals surface area contributed by atoms with Crippen LogP contribution in [0.2, 0.25) is 0 Å². The Morgan fingerprint density at radius 1 is 1.18 bits per heavy atom. The first kappa shape index (κ1) is 17.3. The minimum absolute atomic E-state index is 0.325. The molecule has 138 valence electrons. The average Bonchev–Trinajstić information content (AvgIpc) is 3.04. The molecule has 0 saturated carbocycles. The van der Waals surface area contributed by atoms with Gasteiger partial charge in [-0.25, -0.2) is 9.50 Å². The zero-order valence-corrected chi connectivity index (χ0v) is 15.3. The summed E-state index contributed by atoms with van der Waals surface area (Å²) in [7, 11) is 0. The summed E-state index contributed by atoms with van der Waals surface area (Å²) in [6.45, 7) is 3.67. The predicted octanol–water partition coefficient (Wildman–Crippen LogP) is 2.16. The molecule has 0 spiro atoms. The lowest BCUT2D eigenvalue weighted by atomic mass is 10.1. The van der Waals surface area contributed by atoms with Crippen molar-refractivity contribution in [1.82, 2.24) is 30.8 Å². The van der Waals surface area contributed by atoms with E-state index in [9.17, 15) is 4.79 Å². The zero-order valence-electron chi connectivity index (χ0n) is 15.3. The van der Waals surface area contributed by atoms with E-state index in [0.717, 1.165) is 11.3 Å². The maximum Gasteiger partial charge on any atom is 0.277 e. The Morgan fingerprint density at radius 2 is 2.04 bits per heavy atom. The fourth-order valence-electron chi connectivity index (χ4n) is 2.92. The summed E-state index contributed by atoms with van der Waals surface area (Å²) in [5, 5.41) is 16.5. The smallest absolute Gasteiger partial charge is 0.277 e. The van der Waals surface area contributed by atoms with Crippen molar-refractivity contribution < 1.29 is 4.79 Å². The quantitative estimate of drug-likeness (QED) is 0.651. The molecule has 0 fully saturated rings. The molecule has 0 saturated heterocycles. The molecule has 0 atom stereocenters. The maximum atomic E-state index is 12.9. The van der Waals surface area contributed by atoms with Crippen LogP contribution in [0, 0.1) is 18.3 Å². The molecule has 0 unspecified atom stereocenters. The van der Waals surface area contributed by atoms with Crippen molar-refractivity contribution in [1.29, 1.82) is 5.26 Å². The number of aromatic nitrogens is 3. The molecular formula is C20H17N7O. The van der Waals surface area contributed by atoms with Gasteiger partial charge in [-0.15, -0.1) is 0 Å². The number of aryl methyl sites for hydroxylation is 1. The molecule has 0 aliphatic carbocycles. The summed E-state index contributed by atoms with van der Waals surface area (Å²) in [5.41, 5.74) is 10.3. The van der Waals surface area contributed by atoms with E-state index in [1.54, 1.807) is 37.3 Å². The van der Waals surface area contributed by atoms with Crippen LogP contribution in [0.15, 0.2) is 60.1 Å². The minimum atomic E-state index is -0.325. The number of hydrazine groups is 1. The highest BCUT2D eigenvalue weighted by atomic mass is 16.2. The van der Waals surface area contributed by atoms with E-state index in [1.807, 2.05) is 25.1 Å². The predicted molar refractivity (Wildman–Crippen MR) is 103 cm³/mol. The van der Waals surface area contributed by atoms with Gasteiger partial charge in [-0.1, -0.05) is 12.1 Å². The number of rotatable bonds is 3. The van der Waals surface area contributed by atoms with Crippen molar-refractivity contribution >= 4 is 11.6 Å². The second-order valence-electron chi connectivity index (χ2n) is 6.36. The molecule has 1 aliphatic rings. The lowest BCUT2D eigenvalue weighted by molar-refractivity contribution is 0.0954. The highest BCUT2D eigenvalue weighted by molar-refractivity contribution is 5.95. The molecule has 1 aliphatic heterocycles. The lowest BCUT2D eigenvalue weighted by Crippen LogP contribution is -2.40. The average molecular weight is 371 g/mol. The third-order valence-electron chi connectivity index (χ3n) is 4.30. The molecule has 3 aromatic rings. The van der Waals surface area contributed by atoms with E-state index in [0.29, 0.717) is 34.1 Å². The fourth-order valence-corrected chi connectivity index (χ4v) is 2.92. The number of carbonyl (C=O) groups excluding carboxylic acids is 1. The van der Waals surface area contributed by atoms with Gasteiger partial charge in [-0.2, -0.15) is 10.4 Å². The van der Waals surface area contributed by atoms with Crippen molar-refractivity contribution in [2.75, 3.05) is 0 Å². The number of imidazole rings is 1. The summed E-state index contributed by atoms with van der Waals surface area (Å²) < 4.78 is 1.52. The van der Waals surface area contributed by atoms with Gasteiger partial charge in [0.2, 0.25) is 0 Å². The van der Waals surface area contributed by atoms with Crippen molar-refractivity contribution in [2.24, 2.45) is 0 Å². The second-order valence-corrected chi connectivity index (χ2v) is 6.36. The number of allylic oxidation sites excluding steroid dienone is 3. The number of benzene rings is 1. The zero-order chi connectivity index (χ0) is 19.7. The number of fused-ring (bicyclic) bond motifs is 1. The van der Waals surface area contributed by atoms with Crippen LogP contribution < -0.4 is 16.2 Å². The van der Waals surface area contributed by atoms with Crippen LogP contribution in [0.1, 0.15) is 28.7 Å². The Kier molecular flexibility index (Phi) is 4.26. The maximum absolute atomic E-state index is 12.9. The third kappa shape index (κ3) is 3.17. The summed E-state index contributed by atoms with van der Waals surface area (Å²) in [4.78, 5) is 17.3. The van der Waals surface area contributed by atoms with Gasteiger partial charge in [0.1, 0.15) is 5.82 Å². The lowest BCUT2D eigenvalue weighted by Gasteiger charge is -2.17. The monoisotopic (exact) mass is 371 g/mol. The van der Waals surface area contributed by atoms with Gasteiger partial charge in [0, 0.05) is 11.3 Å². The topological polar surface area (TPSA) is 107 Å². The van der Waals surface area contributed by atoms with Crippen LogP contribution in [-0.2, 0) is 0 Å². The SMILES string of the molecule is CC1=CC=C(NC(=O)c2c(C)nc3ccc(-c4cccc(C#N)c4)nn23)NN1. The van der Waals surface area contributed by atoms with Gasteiger partial charge >= 0.3 is 0 Å². The van der Waals surface area contributed by atoms with Crippen LogP contribution in [0.25, 0.3) is 16.9 Å². The molecule has 4 rings (SSSR count). The first-order chi connectivity index (χ1) is 13.5. The van der Waals surface area contributed by atoms with Crippen LogP contribution in [0.5, 0.6) is 0 Å². The summed E-state index contributed by atoms with van der Waals surface area (Å²) in [6.07, 6.45) is 3.63. The summed E-state index contributed by atoms with van der Waals surface area (Å²) >= 11 is 0. The molecule has 0 radical (unpaired) electrons. The van der Waals surface area contributed by atoms with Gasteiger partial charge in [-0.05, 0) is 50.3 Å². The Bertz CT molecular complexity index is 1200. The van der Waals surface area contributed by atoms with Gasteiger partial charge < -0.3 is 10.7 Å². The van der Waals surface area contributed by atoms with E-state index in [2.05, 4.69) is 32.3 Å². The number of nitrogens with zero attached hydrogens (tertiary/aromatic N) is 4. The summed E-state index contributed by atoms with van der Waals surface area (Å²) in [5.74, 6) is 0.205. The van der Waals surface area contributed by atoms with E-state index in [1.165, 1.54) is 4.52 Å². The molecule has 1 aromatic carbocycles. The molecular weight excluding hydrogens is 354 g/mol. The molecule has 2 aromatic heterocycles. The molecule has 3 N–H and O–H groups in total. The number of hydrogen-bond acceptors (Lipinski definition) is 6. The first-order valence-electron chi connectivity index (χ1n) is 8.64. The number of carbonyl (C=O) groups is 1. The first-order valence-corrected chi connectivity index (χ1v) is 8.64. The van der Waals surface area contributed by atoms with E-state index < -0.39 is 0 Å². The molecule has 0 bridgehead atoms. The van der Waals surface area contributed by atoms with E-state index in [4.69, 9.17) is 5.26 Å². The minimum Gasteiger partial charge on any atom is -0.306 e. The van der Waals surface area contributed by atoms with Gasteiger partial charge in [0.25, 0.3) is 5.91 Å². The van der Waals surface area contributed by atoms with Gasteiger partial charge in [-0.3, -0.25) is 10.2 Å². The molecule has 28 heavy (non-hydrogen) atoms. The highest BCUT2D eigenvalue weighted by Crippen LogP contribution is 2.20. The van der Waals surface area contributed by atoms with Crippen LogP contribution in [0.4, 0.5) is 0 Å². The Morgan fingerprint density at radius 3 is 2.79 bits per heavy atom. The Labute approximate surface area is 161 Å². The molecule has 1 amide bonds. The normalized spacial score (nSPS) is 13.0. The molecule has 8 nitrogen and oxygen atoms in total. The van der Waals surface area contributed by atoms with Gasteiger partial charge in [0.15, 0.2) is 11.3 Å². The molecule has 3 heterocycles. The van der Waals surface area contributed by atoms with Crippen molar-refractivity contribution in [3.63, 3.8) is 0 Å². The number of nitrogens with one attached hydrogen (secondary N) is 3. The van der Waals surface area contributed by atoms with Gasteiger partial charge in [0.05, 0.1) is 23.0 Å². The highest BCUT2D eigenvalue weighted by Gasteiger charge is 2.19. The van der Waals surface area contributed by atoms with Crippen molar-refractivity contribution in [3.05, 3.63) is 77.0 Å². The number of hydrogen-bond donors (Lipinski definition) is 3. The number of amides is 1. The number of nitriles is 1. The van der Waals surface area contributed by atoms with E-state index >= 15 is 0 Å². The third-order valence-corrected chi connectivity index (χ3v) is 4.30. The molecule has 8 heteroatoms. The largest absolute Gasteiger partial charge is 0.306 e. The van der Waals surface area contributed by atoms with Crippen LogP contribution in [-0.4, -0.2) is 20.5 Å².